The van der Waals surface area contributed by atoms with Crippen LogP contribution in [-0.2, 0) is 19.7 Å². The standard InChI is InChI=1S/C23H25N3O4S/c27-22(16-4-5-16)26-20-14-19(18-10-13-24-21(18)25-20)15-6-8-17(9-7-15)23(31(28,29)30)11-2-1-3-12-23/h6-10,13-14,16H,1-5,11-12H2,(H,28,29,30)(H2,24,25,26,27). The van der Waals surface area contributed by atoms with Gasteiger partial charge in [0.05, 0.1) is 0 Å². The van der Waals surface area contributed by atoms with Crippen LogP contribution in [0.1, 0.15) is 50.5 Å². The summed E-state index contributed by atoms with van der Waals surface area (Å²) in [6, 6.07) is 11.1. The highest BCUT2D eigenvalue weighted by Crippen LogP contribution is 2.44. The smallest absolute Gasteiger partial charge is 0.274 e. The highest BCUT2D eigenvalue weighted by molar-refractivity contribution is 7.86. The molecule has 3 N–H and O–H groups in total. The second-order valence-corrected chi connectivity index (χ2v) is 10.4. The highest BCUT2D eigenvalue weighted by atomic mass is 32.2. The van der Waals surface area contributed by atoms with E-state index in [9.17, 15) is 17.8 Å². The molecular weight excluding hydrogens is 414 g/mol. The van der Waals surface area contributed by atoms with Crippen LogP contribution in [0.5, 0.6) is 0 Å². The first kappa shape index (κ1) is 20.2. The van der Waals surface area contributed by atoms with Crippen LogP contribution >= 0.6 is 0 Å². The molecule has 7 nitrogen and oxygen atoms in total. The van der Waals surface area contributed by atoms with Gasteiger partial charge in [-0.1, -0.05) is 43.5 Å². The second-order valence-electron chi connectivity index (χ2n) is 8.67. The van der Waals surface area contributed by atoms with Crippen molar-refractivity contribution in [2.24, 2.45) is 5.92 Å². The third-order valence-electron chi connectivity index (χ3n) is 6.61. The number of carbonyl (C=O) groups excluding carboxylic acids is 1. The summed E-state index contributed by atoms with van der Waals surface area (Å²) in [7, 11) is -4.23. The lowest BCUT2D eigenvalue weighted by atomic mass is 9.82. The van der Waals surface area contributed by atoms with E-state index in [-0.39, 0.29) is 11.8 Å². The molecule has 0 bridgehead atoms. The number of hydrogen-bond acceptors (Lipinski definition) is 4. The Labute approximate surface area is 181 Å². The molecule has 3 aromatic rings. The zero-order valence-electron chi connectivity index (χ0n) is 17.1. The van der Waals surface area contributed by atoms with Gasteiger partial charge in [0, 0.05) is 17.5 Å². The quantitative estimate of drug-likeness (QED) is 0.502. The monoisotopic (exact) mass is 439 g/mol. The molecule has 8 heteroatoms. The molecule has 2 saturated carbocycles. The fourth-order valence-corrected chi connectivity index (χ4v) is 5.92. The first-order valence-electron chi connectivity index (χ1n) is 10.7. The van der Waals surface area contributed by atoms with Gasteiger partial charge < -0.3 is 10.3 Å². The van der Waals surface area contributed by atoms with Crippen molar-refractivity contribution in [3.8, 4) is 11.1 Å². The molecule has 0 aliphatic heterocycles. The summed E-state index contributed by atoms with van der Waals surface area (Å²) < 4.78 is 33.4. The number of fused-ring (bicyclic) bond motifs is 1. The van der Waals surface area contributed by atoms with Crippen LogP contribution in [0.3, 0.4) is 0 Å². The van der Waals surface area contributed by atoms with Gasteiger partial charge in [-0.2, -0.15) is 8.42 Å². The Morgan fingerprint density at radius 2 is 1.81 bits per heavy atom. The Morgan fingerprint density at radius 1 is 1.10 bits per heavy atom. The van der Waals surface area contributed by atoms with E-state index in [2.05, 4.69) is 15.3 Å². The first-order valence-corrected chi connectivity index (χ1v) is 12.2. The molecule has 2 heterocycles. The number of nitrogens with zero attached hydrogens (tertiary/aromatic N) is 1. The van der Waals surface area contributed by atoms with E-state index < -0.39 is 14.9 Å². The van der Waals surface area contributed by atoms with Gasteiger partial charge in [-0.3, -0.25) is 9.35 Å². The fourth-order valence-electron chi connectivity index (χ4n) is 4.69. The molecule has 162 valence electrons. The summed E-state index contributed by atoms with van der Waals surface area (Å²) in [5, 5.41) is 3.82. The number of aromatic amines is 1. The Morgan fingerprint density at radius 3 is 2.45 bits per heavy atom. The summed E-state index contributed by atoms with van der Waals surface area (Å²) in [6.45, 7) is 0. The average Bonchev–Trinajstić information content (AvgIpc) is 3.51. The number of amides is 1. The lowest BCUT2D eigenvalue weighted by Crippen LogP contribution is -2.37. The molecule has 2 fully saturated rings. The van der Waals surface area contributed by atoms with Crippen LogP contribution in [0.25, 0.3) is 22.2 Å². The van der Waals surface area contributed by atoms with Crippen LogP contribution in [-0.4, -0.2) is 28.8 Å². The van der Waals surface area contributed by atoms with Gasteiger partial charge in [0.1, 0.15) is 16.2 Å². The maximum atomic E-state index is 12.3. The summed E-state index contributed by atoms with van der Waals surface area (Å²) in [4.78, 5) is 19.8. The second kappa shape index (κ2) is 7.46. The van der Waals surface area contributed by atoms with E-state index in [4.69, 9.17) is 0 Å². The van der Waals surface area contributed by atoms with Gasteiger partial charge in [-0.25, -0.2) is 4.98 Å². The molecule has 5 rings (SSSR count). The van der Waals surface area contributed by atoms with E-state index in [1.165, 1.54) is 0 Å². The van der Waals surface area contributed by atoms with E-state index in [0.29, 0.717) is 29.9 Å². The zero-order valence-corrected chi connectivity index (χ0v) is 17.9. The van der Waals surface area contributed by atoms with Gasteiger partial charge in [0.15, 0.2) is 0 Å². The minimum Gasteiger partial charge on any atom is -0.346 e. The lowest BCUT2D eigenvalue weighted by molar-refractivity contribution is -0.117. The number of carbonyl (C=O) groups is 1. The molecule has 0 radical (unpaired) electrons. The van der Waals surface area contributed by atoms with Gasteiger partial charge in [0.25, 0.3) is 10.1 Å². The third-order valence-corrected chi connectivity index (χ3v) is 8.24. The summed E-state index contributed by atoms with van der Waals surface area (Å²) in [6.07, 6.45) is 7.03. The molecule has 2 aliphatic carbocycles. The topological polar surface area (TPSA) is 112 Å². The number of aromatic nitrogens is 2. The van der Waals surface area contributed by atoms with Crippen LogP contribution in [0.4, 0.5) is 5.82 Å². The van der Waals surface area contributed by atoms with Crippen molar-refractivity contribution in [1.82, 2.24) is 9.97 Å². The molecule has 31 heavy (non-hydrogen) atoms. The number of nitrogens with one attached hydrogen (secondary N) is 2. The molecule has 0 saturated heterocycles. The fraction of sp³-hybridized carbons (Fsp3) is 0.391. The molecule has 1 amide bonds. The Hall–Kier alpha value is -2.71. The summed E-state index contributed by atoms with van der Waals surface area (Å²) in [5.41, 5.74) is 3.09. The van der Waals surface area contributed by atoms with Crippen molar-refractivity contribution in [3.05, 3.63) is 48.2 Å². The molecule has 0 spiro atoms. The van der Waals surface area contributed by atoms with Crippen molar-refractivity contribution in [1.29, 1.82) is 0 Å². The zero-order chi connectivity index (χ0) is 21.6. The van der Waals surface area contributed by atoms with Crippen molar-refractivity contribution in [3.63, 3.8) is 0 Å². The Bertz CT molecular complexity index is 1240. The van der Waals surface area contributed by atoms with Crippen LogP contribution in [0, 0.1) is 5.92 Å². The van der Waals surface area contributed by atoms with Crippen molar-refractivity contribution >= 4 is 32.9 Å². The van der Waals surface area contributed by atoms with E-state index in [1.807, 2.05) is 24.3 Å². The number of anilines is 1. The lowest BCUT2D eigenvalue weighted by Gasteiger charge is -2.34. The maximum Gasteiger partial charge on any atom is 0.274 e. The Kier molecular flexibility index (Phi) is 4.86. The largest absolute Gasteiger partial charge is 0.346 e. The van der Waals surface area contributed by atoms with Gasteiger partial charge in [-0.15, -0.1) is 0 Å². The normalized spacial score (nSPS) is 18.7. The third kappa shape index (κ3) is 3.64. The summed E-state index contributed by atoms with van der Waals surface area (Å²) in [5.74, 6) is 0.565. The van der Waals surface area contributed by atoms with Gasteiger partial charge in [0.2, 0.25) is 5.91 Å². The minimum atomic E-state index is -4.23. The van der Waals surface area contributed by atoms with E-state index in [0.717, 1.165) is 48.6 Å². The number of rotatable bonds is 5. The molecule has 0 unspecified atom stereocenters. The van der Waals surface area contributed by atoms with Crippen molar-refractivity contribution < 1.29 is 17.8 Å². The van der Waals surface area contributed by atoms with E-state index in [1.54, 1.807) is 18.3 Å². The maximum absolute atomic E-state index is 12.3. The number of hydrogen-bond donors (Lipinski definition) is 3. The van der Waals surface area contributed by atoms with Crippen LogP contribution in [0.2, 0.25) is 0 Å². The number of pyridine rings is 1. The van der Waals surface area contributed by atoms with Gasteiger partial charge >= 0.3 is 0 Å². The van der Waals surface area contributed by atoms with Crippen LogP contribution in [0.15, 0.2) is 42.6 Å². The molecule has 0 atom stereocenters. The molecule has 2 aliphatic rings. The predicted octanol–water partition coefficient (Wildman–Crippen LogP) is 4.63. The SMILES string of the molecule is O=C(Nc1cc(-c2ccc(C3(S(=O)(=O)O)CCCCC3)cc2)c2cc[nH]c2n1)C1CC1. The first-order chi connectivity index (χ1) is 14.9. The highest BCUT2D eigenvalue weighted by Gasteiger charge is 2.45. The minimum absolute atomic E-state index is 0.00732. The number of H-pyrrole nitrogens is 1. The molecule has 1 aromatic carbocycles. The van der Waals surface area contributed by atoms with Gasteiger partial charge in [-0.05, 0) is 54.5 Å². The number of benzene rings is 1. The predicted molar refractivity (Wildman–Crippen MR) is 119 cm³/mol. The van der Waals surface area contributed by atoms with E-state index >= 15 is 0 Å². The van der Waals surface area contributed by atoms with Crippen LogP contribution < -0.4 is 5.32 Å². The average molecular weight is 440 g/mol. The molecular formula is C23H25N3O4S. The summed E-state index contributed by atoms with van der Waals surface area (Å²) >= 11 is 0. The molecule has 2 aromatic heterocycles. The van der Waals surface area contributed by atoms with Crippen molar-refractivity contribution in [2.75, 3.05) is 5.32 Å². The Balaban J connectivity index is 1.53. The van der Waals surface area contributed by atoms with Crippen molar-refractivity contribution in [2.45, 2.75) is 49.7 Å².